The standard InChI is InChI=1S/C28H29N3O4/c1-5-34-20-13-11-19(12-14-20)31-27(33)30-25-21-8-6-7-9-23(21)35-28(31,4)24(25)26(32)29-22-15-10-17(2)16-18(22)3/h6-16,24-25H,5H2,1-4H3,(H,29,32)(H,30,33). The second-order valence-electron chi connectivity index (χ2n) is 9.17. The van der Waals surface area contributed by atoms with Crippen LogP contribution in [0, 0.1) is 19.8 Å². The van der Waals surface area contributed by atoms with E-state index in [1.54, 1.807) is 19.1 Å². The molecule has 2 aliphatic rings. The molecule has 0 saturated carbocycles. The Morgan fingerprint density at radius 1 is 1.11 bits per heavy atom. The maximum atomic E-state index is 13.9. The number of carbonyl (C=O) groups is 2. The van der Waals surface area contributed by atoms with Crippen molar-refractivity contribution in [2.75, 3.05) is 16.8 Å². The number of carbonyl (C=O) groups excluding carboxylic acids is 2. The Labute approximate surface area is 205 Å². The molecule has 7 nitrogen and oxygen atoms in total. The molecule has 2 heterocycles. The molecular weight excluding hydrogens is 442 g/mol. The van der Waals surface area contributed by atoms with Gasteiger partial charge in [0.15, 0.2) is 0 Å². The Kier molecular flexibility index (Phi) is 5.63. The number of ether oxygens (including phenoxy) is 2. The first kappa shape index (κ1) is 22.8. The van der Waals surface area contributed by atoms with Gasteiger partial charge in [-0.15, -0.1) is 0 Å². The summed E-state index contributed by atoms with van der Waals surface area (Å²) in [7, 11) is 0. The highest BCUT2D eigenvalue weighted by Gasteiger charge is 2.60. The molecule has 1 fully saturated rings. The minimum Gasteiger partial charge on any atom is -0.494 e. The summed E-state index contributed by atoms with van der Waals surface area (Å²) in [5, 5.41) is 6.16. The number of nitrogens with one attached hydrogen (secondary N) is 2. The van der Waals surface area contributed by atoms with E-state index in [0.29, 0.717) is 23.8 Å². The van der Waals surface area contributed by atoms with E-state index in [0.717, 1.165) is 22.4 Å². The minimum atomic E-state index is -1.27. The van der Waals surface area contributed by atoms with Crippen LogP contribution >= 0.6 is 0 Å². The lowest BCUT2D eigenvalue weighted by molar-refractivity contribution is -0.131. The maximum Gasteiger partial charge on any atom is 0.325 e. The van der Waals surface area contributed by atoms with Gasteiger partial charge >= 0.3 is 6.03 Å². The number of fused-ring (bicyclic) bond motifs is 4. The summed E-state index contributed by atoms with van der Waals surface area (Å²) < 4.78 is 12.1. The number of nitrogens with zero attached hydrogens (tertiary/aromatic N) is 1. The number of urea groups is 1. The Morgan fingerprint density at radius 2 is 1.86 bits per heavy atom. The summed E-state index contributed by atoms with van der Waals surface area (Å²) in [6.07, 6.45) is 0. The molecule has 0 aliphatic carbocycles. The number of anilines is 2. The molecule has 2 bridgehead atoms. The van der Waals surface area contributed by atoms with Crippen LogP contribution in [0.2, 0.25) is 0 Å². The third-order valence-corrected chi connectivity index (χ3v) is 6.74. The Balaban J connectivity index is 1.58. The predicted molar refractivity (Wildman–Crippen MR) is 135 cm³/mol. The molecule has 3 amide bonds. The minimum absolute atomic E-state index is 0.227. The zero-order chi connectivity index (χ0) is 24.7. The summed E-state index contributed by atoms with van der Waals surface area (Å²) in [6, 6.07) is 19.8. The molecule has 180 valence electrons. The summed E-state index contributed by atoms with van der Waals surface area (Å²) in [5.41, 5.74) is 2.95. The number of hydrogen-bond donors (Lipinski definition) is 2. The molecule has 3 unspecified atom stereocenters. The zero-order valence-corrected chi connectivity index (χ0v) is 20.3. The van der Waals surface area contributed by atoms with Crippen molar-refractivity contribution >= 4 is 23.3 Å². The van der Waals surface area contributed by atoms with E-state index in [-0.39, 0.29) is 11.9 Å². The molecule has 2 N–H and O–H groups in total. The van der Waals surface area contributed by atoms with Gasteiger partial charge in [-0.05, 0) is 69.7 Å². The summed E-state index contributed by atoms with van der Waals surface area (Å²) in [4.78, 5) is 28.8. The normalized spacial score (nSPS) is 22.5. The van der Waals surface area contributed by atoms with Gasteiger partial charge in [0.25, 0.3) is 0 Å². The van der Waals surface area contributed by atoms with Crippen LogP contribution in [0.4, 0.5) is 16.2 Å². The average Bonchev–Trinajstić information content (AvgIpc) is 2.81. The van der Waals surface area contributed by atoms with Crippen LogP contribution in [0.5, 0.6) is 11.5 Å². The average molecular weight is 472 g/mol. The van der Waals surface area contributed by atoms with Crippen molar-refractivity contribution in [3.8, 4) is 11.5 Å². The van der Waals surface area contributed by atoms with E-state index in [2.05, 4.69) is 10.6 Å². The monoisotopic (exact) mass is 471 g/mol. The number of hydrogen-bond acceptors (Lipinski definition) is 4. The molecule has 5 rings (SSSR count). The van der Waals surface area contributed by atoms with Gasteiger partial charge in [0.2, 0.25) is 11.6 Å². The van der Waals surface area contributed by atoms with Crippen molar-refractivity contribution in [1.82, 2.24) is 5.32 Å². The molecule has 0 spiro atoms. The van der Waals surface area contributed by atoms with Crippen molar-refractivity contribution in [3.05, 3.63) is 83.4 Å². The highest BCUT2D eigenvalue weighted by Crippen LogP contribution is 2.49. The van der Waals surface area contributed by atoms with Crippen LogP contribution in [0.25, 0.3) is 0 Å². The van der Waals surface area contributed by atoms with Gasteiger partial charge < -0.3 is 20.1 Å². The molecule has 0 aromatic heterocycles. The molecule has 1 saturated heterocycles. The number of benzene rings is 3. The lowest BCUT2D eigenvalue weighted by Gasteiger charge is -2.54. The lowest BCUT2D eigenvalue weighted by Crippen LogP contribution is -2.72. The molecular formula is C28H29N3O4. The van der Waals surface area contributed by atoms with Crippen LogP contribution < -0.4 is 25.0 Å². The molecule has 7 heteroatoms. The van der Waals surface area contributed by atoms with Crippen molar-refractivity contribution < 1.29 is 19.1 Å². The van der Waals surface area contributed by atoms with Crippen LogP contribution in [-0.2, 0) is 4.79 Å². The molecule has 3 atom stereocenters. The van der Waals surface area contributed by atoms with Crippen LogP contribution in [-0.4, -0.2) is 24.3 Å². The number of para-hydroxylation sites is 1. The molecule has 3 aromatic rings. The SMILES string of the molecule is CCOc1ccc(N2C(=O)NC3c4ccccc4OC2(C)C3C(=O)Nc2ccc(C)cc2C)cc1. The fourth-order valence-corrected chi connectivity index (χ4v) is 5.14. The number of rotatable bonds is 5. The Bertz CT molecular complexity index is 1290. The van der Waals surface area contributed by atoms with Crippen molar-refractivity contribution in [3.63, 3.8) is 0 Å². The molecule has 35 heavy (non-hydrogen) atoms. The van der Waals surface area contributed by atoms with Gasteiger partial charge in [-0.2, -0.15) is 0 Å². The van der Waals surface area contributed by atoms with Crippen LogP contribution in [0.3, 0.4) is 0 Å². The summed E-state index contributed by atoms with van der Waals surface area (Å²) in [5.74, 6) is 0.402. The maximum absolute atomic E-state index is 13.9. The van der Waals surface area contributed by atoms with E-state index < -0.39 is 17.7 Å². The molecule has 2 aliphatic heterocycles. The topological polar surface area (TPSA) is 79.9 Å². The van der Waals surface area contributed by atoms with Gasteiger partial charge in [-0.25, -0.2) is 4.79 Å². The molecule has 0 radical (unpaired) electrons. The van der Waals surface area contributed by atoms with Crippen molar-refractivity contribution in [2.45, 2.75) is 39.5 Å². The van der Waals surface area contributed by atoms with E-state index >= 15 is 0 Å². The second kappa shape index (κ2) is 8.65. The summed E-state index contributed by atoms with van der Waals surface area (Å²) in [6.45, 7) is 8.24. The summed E-state index contributed by atoms with van der Waals surface area (Å²) >= 11 is 0. The third-order valence-electron chi connectivity index (χ3n) is 6.74. The van der Waals surface area contributed by atoms with Gasteiger partial charge in [-0.1, -0.05) is 35.9 Å². The van der Waals surface area contributed by atoms with Gasteiger partial charge in [-0.3, -0.25) is 9.69 Å². The fraction of sp³-hybridized carbons (Fsp3) is 0.286. The Hall–Kier alpha value is -4.00. The van der Waals surface area contributed by atoms with Crippen molar-refractivity contribution in [2.24, 2.45) is 5.92 Å². The van der Waals surface area contributed by atoms with Gasteiger partial charge in [0.1, 0.15) is 17.4 Å². The number of amides is 3. The first-order valence-electron chi connectivity index (χ1n) is 11.8. The highest BCUT2D eigenvalue weighted by atomic mass is 16.5. The van der Waals surface area contributed by atoms with Gasteiger partial charge in [0.05, 0.1) is 12.6 Å². The molecule has 3 aromatic carbocycles. The van der Waals surface area contributed by atoms with Crippen LogP contribution in [0.15, 0.2) is 66.7 Å². The van der Waals surface area contributed by atoms with Gasteiger partial charge in [0, 0.05) is 16.9 Å². The quantitative estimate of drug-likeness (QED) is 0.527. The first-order valence-corrected chi connectivity index (χ1v) is 11.8. The smallest absolute Gasteiger partial charge is 0.325 e. The van der Waals surface area contributed by atoms with Crippen LogP contribution in [0.1, 0.15) is 36.6 Å². The van der Waals surface area contributed by atoms with Crippen molar-refractivity contribution in [1.29, 1.82) is 0 Å². The fourth-order valence-electron chi connectivity index (χ4n) is 5.14. The zero-order valence-electron chi connectivity index (χ0n) is 20.3. The second-order valence-corrected chi connectivity index (χ2v) is 9.17. The lowest BCUT2D eigenvalue weighted by atomic mass is 9.78. The highest BCUT2D eigenvalue weighted by molar-refractivity contribution is 6.01. The van der Waals surface area contributed by atoms with E-state index in [1.807, 2.05) is 75.4 Å². The van der Waals surface area contributed by atoms with E-state index in [1.165, 1.54) is 4.90 Å². The first-order chi connectivity index (χ1) is 16.8. The predicted octanol–water partition coefficient (Wildman–Crippen LogP) is 5.34. The van der Waals surface area contributed by atoms with E-state index in [4.69, 9.17) is 9.47 Å². The largest absolute Gasteiger partial charge is 0.494 e. The third kappa shape index (κ3) is 3.87. The van der Waals surface area contributed by atoms with E-state index in [9.17, 15) is 9.59 Å². The number of aryl methyl sites for hydroxylation is 2. The Morgan fingerprint density at radius 3 is 2.57 bits per heavy atom.